The fourth-order valence-corrected chi connectivity index (χ4v) is 3.14. The number of rotatable bonds is 4. The van der Waals surface area contributed by atoms with Gasteiger partial charge < -0.3 is 4.52 Å². The molecule has 2 heterocycles. The molecule has 0 aliphatic rings. The largest absolute Gasteiger partial charge is 0.334 e. The summed E-state index contributed by atoms with van der Waals surface area (Å²) in [4.78, 5) is 8.70. The van der Waals surface area contributed by atoms with Gasteiger partial charge in [0, 0.05) is 11.3 Å². The first-order valence-corrected chi connectivity index (χ1v) is 8.15. The Kier molecular flexibility index (Phi) is 4.58. The molecule has 0 fully saturated rings. The van der Waals surface area contributed by atoms with Crippen LogP contribution in [0.15, 0.2) is 39.9 Å². The predicted molar refractivity (Wildman–Crippen MR) is 87.7 cm³/mol. The number of hydrogen-bond donors (Lipinski definition) is 0. The van der Waals surface area contributed by atoms with Gasteiger partial charge in [-0.1, -0.05) is 16.9 Å². The van der Waals surface area contributed by atoms with E-state index in [1.165, 1.54) is 23.9 Å². The molecular formula is C17H13FN4OS. The van der Waals surface area contributed by atoms with E-state index in [2.05, 4.69) is 21.2 Å². The summed E-state index contributed by atoms with van der Waals surface area (Å²) < 4.78 is 18.2. The second kappa shape index (κ2) is 6.81. The maximum atomic E-state index is 12.9. The quantitative estimate of drug-likeness (QED) is 0.667. The highest BCUT2D eigenvalue weighted by Gasteiger charge is 2.13. The third-order valence-electron chi connectivity index (χ3n) is 3.32. The first-order valence-electron chi connectivity index (χ1n) is 7.16. The van der Waals surface area contributed by atoms with E-state index in [1.807, 2.05) is 19.9 Å². The number of benzene rings is 1. The molecule has 0 aliphatic heterocycles. The number of thioether (sulfide) groups is 1. The lowest BCUT2D eigenvalue weighted by atomic mass is 10.1. The third-order valence-corrected chi connectivity index (χ3v) is 4.29. The molecule has 24 heavy (non-hydrogen) atoms. The topological polar surface area (TPSA) is 75.6 Å². The molecule has 0 unspecified atom stereocenters. The van der Waals surface area contributed by atoms with Gasteiger partial charge in [-0.15, -0.1) is 0 Å². The van der Waals surface area contributed by atoms with Gasteiger partial charge in [-0.3, -0.25) is 0 Å². The second-order valence-corrected chi connectivity index (χ2v) is 6.15. The van der Waals surface area contributed by atoms with Crippen LogP contribution >= 0.6 is 11.8 Å². The van der Waals surface area contributed by atoms with Crippen LogP contribution in [0.2, 0.25) is 0 Å². The summed E-state index contributed by atoms with van der Waals surface area (Å²) in [6.45, 7) is 3.78. The number of aromatic nitrogens is 3. The van der Waals surface area contributed by atoms with E-state index < -0.39 is 0 Å². The molecule has 3 rings (SSSR count). The smallest absolute Gasteiger partial charge is 0.257 e. The maximum Gasteiger partial charge on any atom is 0.257 e. The summed E-state index contributed by atoms with van der Waals surface area (Å²) in [6.07, 6.45) is 0. The van der Waals surface area contributed by atoms with Crippen molar-refractivity contribution in [2.45, 2.75) is 24.6 Å². The predicted octanol–water partition coefficient (Wildman–Crippen LogP) is 4.05. The molecule has 3 aromatic rings. The summed E-state index contributed by atoms with van der Waals surface area (Å²) in [5, 5.41) is 13.9. The number of nitriles is 1. The van der Waals surface area contributed by atoms with Crippen molar-refractivity contribution in [3.63, 3.8) is 0 Å². The average Bonchev–Trinajstić information content (AvgIpc) is 3.02. The number of nitrogens with zero attached hydrogens (tertiary/aromatic N) is 4. The minimum atomic E-state index is -0.320. The van der Waals surface area contributed by atoms with Gasteiger partial charge >= 0.3 is 0 Å². The average molecular weight is 340 g/mol. The van der Waals surface area contributed by atoms with Gasteiger partial charge in [-0.05, 0) is 49.7 Å². The maximum absolute atomic E-state index is 12.9. The van der Waals surface area contributed by atoms with Crippen molar-refractivity contribution in [2.75, 3.05) is 0 Å². The van der Waals surface area contributed by atoms with E-state index in [-0.39, 0.29) is 5.82 Å². The van der Waals surface area contributed by atoms with Crippen molar-refractivity contribution in [3.8, 4) is 17.5 Å². The molecule has 0 amide bonds. The van der Waals surface area contributed by atoms with Gasteiger partial charge in [-0.2, -0.15) is 10.2 Å². The minimum absolute atomic E-state index is 0.320. The zero-order valence-electron chi connectivity index (χ0n) is 13.1. The van der Waals surface area contributed by atoms with Crippen LogP contribution in [0.3, 0.4) is 0 Å². The first kappa shape index (κ1) is 16.1. The SMILES string of the molecule is Cc1cc(C)c(C#N)c(SCc2noc(-c3ccc(F)cc3)n2)n1. The Labute approximate surface area is 142 Å². The Hall–Kier alpha value is -2.72. The monoisotopic (exact) mass is 340 g/mol. The van der Waals surface area contributed by atoms with Crippen LogP contribution in [-0.2, 0) is 5.75 Å². The molecule has 0 spiro atoms. The number of pyridine rings is 1. The van der Waals surface area contributed by atoms with Crippen molar-refractivity contribution >= 4 is 11.8 Å². The zero-order valence-corrected chi connectivity index (χ0v) is 13.9. The highest BCUT2D eigenvalue weighted by Crippen LogP contribution is 2.27. The van der Waals surface area contributed by atoms with Gasteiger partial charge in [0.25, 0.3) is 5.89 Å². The zero-order chi connectivity index (χ0) is 17.1. The van der Waals surface area contributed by atoms with Crippen molar-refractivity contribution in [1.29, 1.82) is 5.26 Å². The summed E-state index contributed by atoms with van der Waals surface area (Å²) in [5.74, 6) is 0.928. The second-order valence-electron chi connectivity index (χ2n) is 5.18. The van der Waals surface area contributed by atoms with Crippen molar-refractivity contribution in [1.82, 2.24) is 15.1 Å². The van der Waals surface area contributed by atoms with E-state index in [9.17, 15) is 9.65 Å². The number of hydrogen-bond acceptors (Lipinski definition) is 6. The highest BCUT2D eigenvalue weighted by molar-refractivity contribution is 7.98. The fourth-order valence-electron chi connectivity index (χ4n) is 2.20. The van der Waals surface area contributed by atoms with Crippen LogP contribution in [0, 0.1) is 31.0 Å². The van der Waals surface area contributed by atoms with Crippen LogP contribution in [0.5, 0.6) is 0 Å². The van der Waals surface area contributed by atoms with Crippen LogP contribution in [0.4, 0.5) is 4.39 Å². The summed E-state index contributed by atoms with van der Waals surface area (Å²) in [5.41, 5.74) is 2.97. The molecule has 0 saturated carbocycles. The van der Waals surface area contributed by atoms with Gasteiger partial charge in [-0.25, -0.2) is 9.37 Å². The fraction of sp³-hybridized carbons (Fsp3) is 0.176. The summed E-state index contributed by atoms with van der Waals surface area (Å²) in [6, 6.07) is 9.90. The molecule has 5 nitrogen and oxygen atoms in total. The Bertz CT molecular complexity index is 915. The number of aryl methyl sites for hydroxylation is 2. The van der Waals surface area contributed by atoms with E-state index in [0.29, 0.717) is 33.6 Å². The Balaban J connectivity index is 1.77. The van der Waals surface area contributed by atoms with Gasteiger partial charge in [0.15, 0.2) is 5.82 Å². The van der Waals surface area contributed by atoms with Crippen LogP contribution < -0.4 is 0 Å². The first-order chi connectivity index (χ1) is 11.6. The van der Waals surface area contributed by atoms with Gasteiger partial charge in [0.05, 0.1) is 11.3 Å². The molecule has 120 valence electrons. The van der Waals surface area contributed by atoms with E-state index in [1.54, 1.807) is 12.1 Å². The van der Waals surface area contributed by atoms with Crippen molar-refractivity contribution < 1.29 is 8.91 Å². The molecular weight excluding hydrogens is 327 g/mol. The Morgan fingerprint density at radius 2 is 1.96 bits per heavy atom. The Morgan fingerprint density at radius 1 is 1.21 bits per heavy atom. The molecule has 0 N–H and O–H groups in total. The molecule has 1 aromatic carbocycles. The summed E-state index contributed by atoms with van der Waals surface area (Å²) in [7, 11) is 0. The molecule has 2 aromatic heterocycles. The standard InChI is InChI=1S/C17H13FN4OS/c1-10-7-11(2)20-17(14(10)8-19)24-9-15-21-16(23-22-15)12-3-5-13(18)6-4-12/h3-7H,9H2,1-2H3. The lowest BCUT2D eigenvalue weighted by molar-refractivity contribution is 0.425. The molecule has 7 heteroatoms. The molecule has 0 radical (unpaired) electrons. The van der Waals surface area contributed by atoms with Crippen LogP contribution in [-0.4, -0.2) is 15.1 Å². The normalized spacial score (nSPS) is 10.6. The minimum Gasteiger partial charge on any atom is -0.334 e. The van der Waals surface area contributed by atoms with Crippen molar-refractivity contribution in [2.24, 2.45) is 0 Å². The van der Waals surface area contributed by atoms with Crippen LogP contribution in [0.25, 0.3) is 11.5 Å². The Morgan fingerprint density at radius 3 is 2.67 bits per heavy atom. The number of halogens is 1. The molecule has 0 saturated heterocycles. The van der Waals surface area contributed by atoms with Gasteiger partial charge in [0.1, 0.15) is 16.9 Å². The third kappa shape index (κ3) is 3.44. The van der Waals surface area contributed by atoms with E-state index in [0.717, 1.165) is 11.3 Å². The summed E-state index contributed by atoms with van der Waals surface area (Å²) >= 11 is 1.39. The van der Waals surface area contributed by atoms with Gasteiger partial charge in [0.2, 0.25) is 0 Å². The molecule has 0 aliphatic carbocycles. The van der Waals surface area contributed by atoms with E-state index >= 15 is 0 Å². The molecule has 0 atom stereocenters. The lowest BCUT2D eigenvalue weighted by Crippen LogP contribution is -1.95. The van der Waals surface area contributed by atoms with Crippen LogP contribution in [0.1, 0.15) is 22.6 Å². The lowest BCUT2D eigenvalue weighted by Gasteiger charge is -2.05. The highest BCUT2D eigenvalue weighted by atomic mass is 32.2. The van der Waals surface area contributed by atoms with Crippen molar-refractivity contribution in [3.05, 3.63) is 58.8 Å². The molecule has 0 bridgehead atoms. The van der Waals surface area contributed by atoms with E-state index in [4.69, 9.17) is 4.52 Å².